The Morgan fingerprint density at radius 1 is 0.962 bits per heavy atom. The van der Waals surface area contributed by atoms with Crippen molar-refractivity contribution in [2.45, 2.75) is 13.0 Å². The normalized spacial score (nSPS) is 11.6. The van der Waals surface area contributed by atoms with Gasteiger partial charge < -0.3 is 15.1 Å². The topological polar surface area (TPSA) is 71.3 Å². The van der Waals surface area contributed by atoms with Crippen LogP contribution in [0.15, 0.2) is 71.3 Å². The lowest BCUT2D eigenvalue weighted by Gasteiger charge is -2.14. The number of rotatable bonds is 5. The van der Waals surface area contributed by atoms with Crippen molar-refractivity contribution in [3.8, 4) is 0 Å². The lowest BCUT2D eigenvalue weighted by Crippen LogP contribution is -2.26. The second-order valence-corrected chi connectivity index (χ2v) is 5.76. The average molecular weight is 352 g/mol. The summed E-state index contributed by atoms with van der Waals surface area (Å²) in [5.41, 5.74) is 1.81. The predicted octanol–water partition coefficient (Wildman–Crippen LogP) is 4.16. The van der Waals surface area contributed by atoms with Gasteiger partial charge in [-0.3, -0.25) is 9.59 Å². The van der Waals surface area contributed by atoms with Gasteiger partial charge in [0.15, 0.2) is 5.76 Å². The predicted molar refractivity (Wildman–Crippen MR) is 95.4 cm³/mol. The number of hydrogen-bond donors (Lipinski definition) is 2. The Bertz CT molecular complexity index is 888. The van der Waals surface area contributed by atoms with E-state index in [0.717, 1.165) is 5.56 Å². The molecule has 2 amide bonds. The van der Waals surface area contributed by atoms with Gasteiger partial charge in [-0.15, -0.1) is 0 Å². The molecule has 3 aromatic rings. The second kappa shape index (κ2) is 7.65. The number of furan rings is 1. The standard InChI is InChI=1S/C20H17FN2O3/c1-13(14-4-8-16(21)9-5-14)22-19(24)15-6-10-17(11-7-15)23-20(25)18-3-2-12-26-18/h2-13H,1H3,(H,22,24)(H,23,25)/t13-/m0/s1. The fourth-order valence-electron chi connectivity index (χ4n) is 2.42. The number of hydrogen-bond acceptors (Lipinski definition) is 3. The number of halogens is 1. The van der Waals surface area contributed by atoms with Crippen LogP contribution < -0.4 is 10.6 Å². The van der Waals surface area contributed by atoms with E-state index in [9.17, 15) is 14.0 Å². The quantitative estimate of drug-likeness (QED) is 0.724. The van der Waals surface area contributed by atoms with Crippen molar-refractivity contribution in [1.29, 1.82) is 0 Å². The second-order valence-electron chi connectivity index (χ2n) is 5.76. The van der Waals surface area contributed by atoms with Gasteiger partial charge in [-0.2, -0.15) is 0 Å². The van der Waals surface area contributed by atoms with Crippen molar-refractivity contribution in [2.75, 3.05) is 5.32 Å². The monoisotopic (exact) mass is 352 g/mol. The number of benzene rings is 2. The fourth-order valence-corrected chi connectivity index (χ4v) is 2.42. The highest BCUT2D eigenvalue weighted by Gasteiger charge is 2.13. The minimum absolute atomic E-state index is 0.208. The molecule has 3 rings (SSSR count). The molecule has 0 spiro atoms. The zero-order valence-corrected chi connectivity index (χ0v) is 14.0. The van der Waals surface area contributed by atoms with E-state index < -0.39 is 0 Å². The SMILES string of the molecule is C[C@H](NC(=O)c1ccc(NC(=O)c2ccco2)cc1)c1ccc(F)cc1. The highest BCUT2D eigenvalue weighted by Crippen LogP contribution is 2.15. The van der Waals surface area contributed by atoms with E-state index in [4.69, 9.17) is 4.42 Å². The van der Waals surface area contributed by atoms with Gasteiger partial charge in [-0.1, -0.05) is 12.1 Å². The molecule has 1 atom stereocenters. The first kappa shape index (κ1) is 17.4. The summed E-state index contributed by atoms with van der Waals surface area (Å²) >= 11 is 0. The molecule has 6 heteroatoms. The Balaban J connectivity index is 1.61. The molecule has 0 aliphatic carbocycles. The zero-order chi connectivity index (χ0) is 18.5. The summed E-state index contributed by atoms with van der Waals surface area (Å²) in [7, 11) is 0. The van der Waals surface area contributed by atoms with E-state index in [0.29, 0.717) is 11.3 Å². The molecule has 0 fully saturated rings. The third-order valence-corrected chi connectivity index (χ3v) is 3.87. The lowest BCUT2D eigenvalue weighted by atomic mass is 10.1. The highest BCUT2D eigenvalue weighted by atomic mass is 19.1. The van der Waals surface area contributed by atoms with E-state index in [1.165, 1.54) is 18.4 Å². The fraction of sp³-hybridized carbons (Fsp3) is 0.100. The largest absolute Gasteiger partial charge is 0.459 e. The number of nitrogens with one attached hydrogen (secondary N) is 2. The van der Waals surface area contributed by atoms with Crippen molar-refractivity contribution in [2.24, 2.45) is 0 Å². The minimum atomic E-state index is -0.364. The van der Waals surface area contributed by atoms with Crippen LogP contribution in [0.5, 0.6) is 0 Å². The number of carbonyl (C=O) groups is 2. The van der Waals surface area contributed by atoms with E-state index in [1.54, 1.807) is 48.5 Å². The van der Waals surface area contributed by atoms with Crippen LogP contribution in [0.2, 0.25) is 0 Å². The third kappa shape index (κ3) is 4.16. The molecule has 2 aromatic carbocycles. The average Bonchev–Trinajstić information content (AvgIpc) is 3.17. The van der Waals surface area contributed by atoms with Crippen molar-refractivity contribution in [3.63, 3.8) is 0 Å². The first-order valence-electron chi connectivity index (χ1n) is 8.04. The van der Waals surface area contributed by atoms with Crippen LogP contribution in [0.1, 0.15) is 39.4 Å². The zero-order valence-electron chi connectivity index (χ0n) is 14.0. The molecule has 1 aromatic heterocycles. The van der Waals surface area contributed by atoms with Crippen LogP contribution in [-0.2, 0) is 0 Å². The molecule has 0 aliphatic heterocycles. The van der Waals surface area contributed by atoms with Gasteiger partial charge in [0.1, 0.15) is 5.82 Å². The van der Waals surface area contributed by atoms with Crippen LogP contribution in [0.3, 0.4) is 0 Å². The van der Waals surface area contributed by atoms with Gasteiger partial charge in [0.05, 0.1) is 12.3 Å². The summed E-state index contributed by atoms with van der Waals surface area (Å²) in [6, 6.07) is 15.4. The Hall–Kier alpha value is -3.41. The van der Waals surface area contributed by atoms with Gasteiger partial charge in [0.25, 0.3) is 11.8 Å². The Morgan fingerprint density at radius 2 is 1.65 bits per heavy atom. The smallest absolute Gasteiger partial charge is 0.291 e. The van der Waals surface area contributed by atoms with Crippen LogP contribution in [0, 0.1) is 5.82 Å². The van der Waals surface area contributed by atoms with Crippen molar-refractivity contribution >= 4 is 17.5 Å². The lowest BCUT2D eigenvalue weighted by molar-refractivity contribution is 0.0939. The Kier molecular flexibility index (Phi) is 5.12. The molecule has 0 saturated heterocycles. The summed E-state index contributed by atoms with van der Waals surface area (Å²) in [6.45, 7) is 1.82. The Morgan fingerprint density at radius 3 is 2.27 bits per heavy atom. The van der Waals surface area contributed by atoms with Crippen LogP contribution in [-0.4, -0.2) is 11.8 Å². The molecule has 0 bridgehead atoms. The van der Waals surface area contributed by atoms with Crippen LogP contribution in [0.25, 0.3) is 0 Å². The molecular weight excluding hydrogens is 335 g/mol. The van der Waals surface area contributed by atoms with E-state index in [-0.39, 0.29) is 29.4 Å². The summed E-state index contributed by atoms with van der Waals surface area (Å²) < 4.78 is 18.0. The van der Waals surface area contributed by atoms with Gasteiger partial charge in [-0.05, 0) is 61.0 Å². The maximum Gasteiger partial charge on any atom is 0.291 e. The highest BCUT2D eigenvalue weighted by molar-refractivity contribution is 6.02. The van der Waals surface area contributed by atoms with Crippen LogP contribution in [0.4, 0.5) is 10.1 Å². The molecule has 1 heterocycles. The number of anilines is 1. The van der Waals surface area contributed by atoms with Crippen molar-refractivity contribution in [1.82, 2.24) is 5.32 Å². The van der Waals surface area contributed by atoms with Gasteiger partial charge in [-0.25, -0.2) is 4.39 Å². The van der Waals surface area contributed by atoms with Gasteiger partial charge in [0, 0.05) is 11.3 Å². The molecule has 5 nitrogen and oxygen atoms in total. The van der Waals surface area contributed by atoms with Gasteiger partial charge in [0.2, 0.25) is 0 Å². The molecule has 0 unspecified atom stereocenters. The number of carbonyl (C=O) groups excluding carboxylic acids is 2. The molecule has 0 aliphatic rings. The summed E-state index contributed by atoms with van der Waals surface area (Å²) in [6.07, 6.45) is 1.42. The first-order valence-corrected chi connectivity index (χ1v) is 8.04. The van der Waals surface area contributed by atoms with Crippen LogP contribution >= 0.6 is 0 Å². The molecule has 2 N–H and O–H groups in total. The first-order chi connectivity index (χ1) is 12.5. The maximum atomic E-state index is 13.0. The van der Waals surface area contributed by atoms with Crippen molar-refractivity contribution in [3.05, 3.63) is 89.6 Å². The Labute approximate surface area is 149 Å². The minimum Gasteiger partial charge on any atom is -0.459 e. The molecule has 26 heavy (non-hydrogen) atoms. The van der Waals surface area contributed by atoms with E-state index in [1.807, 2.05) is 6.92 Å². The summed E-state index contributed by atoms with van der Waals surface area (Å²) in [4.78, 5) is 24.2. The maximum absolute atomic E-state index is 13.0. The molecule has 0 saturated carbocycles. The van der Waals surface area contributed by atoms with Crippen molar-refractivity contribution < 1.29 is 18.4 Å². The third-order valence-electron chi connectivity index (χ3n) is 3.87. The molecule has 0 radical (unpaired) electrons. The van der Waals surface area contributed by atoms with E-state index >= 15 is 0 Å². The molecule has 132 valence electrons. The van der Waals surface area contributed by atoms with Gasteiger partial charge >= 0.3 is 0 Å². The summed E-state index contributed by atoms with van der Waals surface area (Å²) in [5, 5.41) is 5.53. The van der Waals surface area contributed by atoms with E-state index in [2.05, 4.69) is 10.6 Å². The number of amides is 2. The molecular formula is C20H17FN2O3. The summed E-state index contributed by atoms with van der Waals surface area (Å²) in [5.74, 6) is -0.734.